The van der Waals surface area contributed by atoms with E-state index >= 15 is 0 Å². The van der Waals surface area contributed by atoms with Crippen molar-refractivity contribution in [3.8, 4) is 0 Å². The molecule has 0 bridgehead atoms. The third kappa shape index (κ3) is 6.12. The zero-order chi connectivity index (χ0) is 26.4. The fourth-order valence-corrected chi connectivity index (χ4v) is 4.75. The molecular formula is C28H31FN4O4. The van der Waals surface area contributed by atoms with Crippen molar-refractivity contribution in [2.24, 2.45) is 5.73 Å². The summed E-state index contributed by atoms with van der Waals surface area (Å²) in [4.78, 5) is 42.0. The van der Waals surface area contributed by atoms with Crippen LogP contribution < -0.4 is 11.1 Å². The monoisotopic (exact) mass is 506 g/mol. The molecule has 1 heterocycles. The number of rotatable bonds is 10. The van der Waals surface area contributed by atoms with Crippen LogP contribution in [0.5, 0.6) is 0 Å². The van der Waals surface area contributed by atoms with Crippen LogP contribution in [0.4, 0.5) is 4.39 Å². The zero-order valence-electron chi connectivity index (χ0n) is 20.4. The van der Waals surface area contributed by atoms with Gasteiger partial charge in [-0.3, -0.25) is 14.4 Å². The van der Waals surface area contributed by atoms with E-state index in [-0.39, 0.29) is 25.4 Å². The van der Waals surface area contributed by atoms with Gasteiger partial charge in [-0.05, 0) is 53.4 Å². The molecule has 2 unspecified atom stereocenters. The first-order chi connectivity index (χ1) is 17.9. The van der Waals surface area contributed by atoms with Crippen LogP contribution in [-0.2, 0) is 16.0 Å². The van der Waals surface area contributed by atoms with Gasteiger partial charge >= 0.3 is 0 Å². The Balaban J connectivity index is 1.62. The maximum atomic E-state index is 13.4. The lowest BCUT2D eigenvalue weighted by Gasteiger charge is -2.37. The highest BCUT2D eigenvalue weighted by molar-refractivity contribution is 5.95. The van der Waals surface area contributed by atoms with Gasteiger partial charge < -0.3 is 26.0 Å². The Hall–Kier alpha value is -3.82. The van der Waals surface area contributed by atoms with Crippen molar-refractivity contribution in [3.05, 3.63) is 83.7 Å². The van der Waals surface area contributed by atoms with Crippen molar-refractivity contribution in [3.63, 3.8) is 0 Å². The number of hydrogen-bond acceptors (Lipinski definition) is 5. The summed E-state index contributed by atoms with van der Waals surface area (Å²) in [7, 11) is 0. The van der Waals surface area contributed by atoms with Gasteiger partial charge in [0, 0.05) is 31.6 Å². The van der Waals surface area contributed by atoms with Gasteiger partial charge in [0.25, 0.3) is 5.91 Å². The Morgan fingerprint density at radius 1 is 1.14 bits per heavy atom. The molecular weight excluding hydrogens is 475 g/mol. The fraction of sp³-hybridized carbons (Fsp3) is 0.321. The molecule has 3 aromatic carbocycles. The second-order valence-corrected chi connectivity index (χ2v) is 9.22. The summed E-state index contributed by atoms with van der Waals surface area (Å²) < 4.78 is 13.4. The summed E-state index contributed by atoms with van der Waals surface area (Å²) in [5.74, 6) is -1.23. The number of fused-ring (bicyclic) bond motifs is 1. The van der Waals surface area contributed by atoms with Crippen molar-refractivity contribution in [2.75, 3.05) is 19.6 Å². The van der Waals surface area contributed by atoms with Gasteiger partial charge in [-0.15, -0.1) is 0 Å². The number of likely N-dealkylation sites (tertiary alicyclic amines) is 1. The number of aliphatic hydroxyl groups excluding tert-OH is 1. The van der Waals surface area contributed by atoms with Gasteiger partial charge in [0.2, 0.25) is 12.3 Å². The van der Waals surface area contributed by atoms with Gasteiger partial charge in [0.05, 0.1) is 6.10 Å². The Morgan fingerprint density at radius 3 is 2.57 bits per heavy atom. The minimum Gasteiger partial charge on any atom is -0.390 e. The molecule has 1 aliphatic heterocycles. The van der Waals surface area contributed by atoms with Gasteiger partial charge in [0.1, 0.15) is 18.0 Å². The summed E-state index contributed by atoms with van der Waals surface area (Å²) in [5.41, 5.74) is 6.63. The Bertz CT molecular complexity index is 1250. The summed E-state index contributed by atoms with van der Waals surface area (Å²) in [5, 5.41) is 14.6. The summed E-state index contributed by atoms with van der Waals surface area (Å²) in [6, 6.07) is 18.0. The molecule has 9 heteroatoms. The molecule has 3 aromatic rings. The van der Waals surface area contributed by atoms with Crippen LogP contribution in [0.15, 0.2) is 66.7 Å². The number of aliphatic hydroxyl groups is 1. The molecule has 8 nitrogen and oxygen atoms in total. The quantitative estimate of drug-likeness (QED) is 0.364. The van der Waals surface area contributed by atoms with E-state index in [9.17, 15) is 23.9 Å². The molecule has 1 fully saturated rings. The normalized spacial score (nSPS) is 16.8. The van der Waals surface area contributed by atoms with E-state index in [4.69, 9.17) is 5.73 Å². The number of nitrogens with zero attached hydrogens (tertiary/aromatic N) is 2. The Labute approximate surface area is 214 Å². The average Bonchev–Trinajstić information content (AvgIpc) is 3.41. The number of benzene rings is 3. The minimum atomic E-state index is -0.935. The maximum Gasteiger partial charge on any atom is 0.255 e. The van der Waals surface area contributed by atoms with E-state index in [1.165, 1.54) is 29.2 Å². The van der Waals surface area contributed by atoms with Gasteiger partial charge in [0.15, 0.2) is 0 Å². The highest BCUT2D eigenvalue weighted by Gasteiger charge is 2.39. The summed E-state index contributed by atoms with van der Waals surface area (Å²) in [6.07, 6.45) is 0.398. The molecule has 4 N–H and O–H groups in total. The SMILES string of the molecule is NCC(O)CNC(=O)[C@@H](Cc1ccc2ccccc2c1)N(C=O)C1CCCN1C(=O)c1ccc(F)cc1. The van der Waals surface area contributed by atoms with E-state index in [0.29, 0.717) is 31.4 Å². The van der Waals surface area contributed by atoms with Crippen LogP contribution in [0.3, 0.4) is 0 Å². The second-order valence-electron chi connectivity index (χ2n) is 9.22. The number of amides is 3. The predicted octanol–water partition coefficient (Wildman–Crippen LogP) is 2.05. The van der Waals surface area contributed by atoms with Gasteiger partial charge in [-0.1, -0.05) is 42.5 Å². The van der Waals surface area contributed by atoms with E-state index < -0.39 is 30.0 Å². The van der Waals surface area contributed by atoms with Crippen LogP contribution in [0, 0.1) is 5.82 Å². The summed E-state index contributed by atoms with van der Waals surface area (Å²) >= 11 is 0. The first-order valence-corrected chi connectivity index (χ1v) is 12.3. The van der Waals surface area contributed by atoms with Crippen LogP contribution >= 0.6 is 0 Å². The molecule has 0 aromatic heterocycles. The number of carbonyl (C=O) groups is 3. The largest absolute Gasteiger partial charge is 0.390 e. The van der Waals surface area contributed by atoms with Gasteiger partial charge in [-0.25, -0.2) is 4.39 Å². The number of nitrogens with two attached hydrogens (primary N) is 1. The number of halogens is 1. The van der Waals surface area contributed by atoms with Crippen LogP contribution in [0.2, 0.25) is 0 Å². The standard InChI is InChI=1S/C28H31FN4O4/c29-23-11-9-21(10-12-23)28(37)32-13-3-6-26(32)33(18-34)25(27(36)31-17-24(35)16-30)15-19-7-8-20-4-1-2-5-22(20)14-19/h1-2,4-5,7-12,14,18,24-26,35H,3,6,13,15-17,30H2,(H,31,36)/t24?,25-,26?/m1/s1. The summed E-state index contributed by atoms with van der Waals surface area (Å²) in [6.45, 7) is 0.330. The average molecular weight is 507 g/mol. The predicted molar refractivity (Wildman–Crippen MR) is 138 cm³/mol. The van der Waals surface area contributed by atoms with E-state index in [2.05, 4.69) is 5.32 Å². The lowest BCUT2D eigenvalue weighted by Crippen LogP contribution is -2.57. The lowest BCUT2D eigenvalue weighted by atomic mass is 9.99. The number of nitrogens with one attached hydrogen (secondary N) is 1. The molecule has 194 valence electrons. The lowest BCUT2D eigenvalue weighted by molar-refractivity contribution is -0.137. The molecule has 0 saturated carbocycles. The third-order valence-electron chi connectivity index (χ3n) is 6.73. The fourth-order valence-electron chi connectivity index (χ4n) is 4.75. The van der Waals surface area contributed by atoms with Crippen molar-refractivity contribution < 1.29 is 23.9 Å². The molecule has 3 amide bonds. The molecule has 0 radical (unpaired) electrons. The van der Waals surface area contributed by atoms with Crippen molar-refractivity contribution in [2.45, 2.75) is 37.6 Å². The number of carbonyl (C=O) groups excluding carboxylic acids is 3. The second kappa shape index (κ2) is 11.9. The van der Waals surface area contributed by atoms with Crippen LogP contribution in [0.25, 0.3) is 10.8 Å². The van der Waals surface area contributed by atoms with E-state index in [0.717, 1.165) is 16.3 Å². The molecule has 1 aliphatic rings. The smallest absolute Gasteiger partial charge is 0.255 e. The number of hydrogen-bond donors (Lipinski definition) is 3. The molecule has 4 rings (SSSR count). The Kier molecular flexibility index (Phi) is 8.47. The minimum absolute atomic E-state index is 0.0183. The van der Waals surface area contributed by atoms with E-state index in [1.807, 2.05) is 42.5 Å². The van der Waals surface area contributed by atoms with Crippen molar-refractivity contribution >= 4 is 29.0 Å². The van der Waals surface area contributed by atoms with Crippen LogP contribution in [0.1, 0.15) is 28.8 Å². The highest BCUT2D eigenvalue weighted by Crippen LogP contribution is 2.26. The first-order valence-electron chi connectivity index (χ1n) is 12.3. The van der Waals surface area contributed by atoms with E-state index in [1.54, 1.807) is 4.90 Å². The highest BCUT2D eigenvalue weighted by atomic mass is 19.1. The third-order valence-corrected chi connectivity index (χ3v) is 6.73. The van der Waals surface area contributed by atoms with Crippen molar-refractivity contribution in [1.29, 1.82) is 0 Å². The zero-order valence-corrected chi connectivity index (χ0v) is 20.4. The van der Waals surface area contributed by atoms with Gasteiger partial charge in [-0.2, -0.15) is 0 Å². The van der Waals surface area contributed by atoms with Crippen LogP contribution in [-0.4, -0.2) is 71.1 Å². The molecule has 0 aliphatic carbocycles. The first kappa shape index (κ1) is 26.2. The Morgan fingerprint density at radius 2 is 1.86 bits per heavy atom. The maximum absolute atomic E-state index is 13.4. The topological polar surface area (TPSA) is 116 Å². The molecule has 3 atom stereocenters. The molecule has 1 saturated heterocycles. The van der Waals surface area contributed by atoms with Crippen molar-refractivity contribution in [1.82, 2.24) is 15.1 Å². The molecule has 37 heavy (non-hydrogen) atoms. The molecule has 0 spiro atoms.